The molecular weight excluding hydrogens is 242 g/mol. The van der Waals surface area contributed by atoms with E-state index in [0.717, 1.165) is 12.8 Å². The Bertz CT molecular complexity index is 237. The first kappa shape index (κ1) is 18.6. The van der Waals surface area contributed by atoms with Crippen LogP contribution < -0.4 is 11.1 Å². The maximum Gasteiger partial charge on any atom is 0.239 e. The van der Waals surface area contributed by atoms with Crippen molar-refractivity contribution in [1.29, 1.82) is 0 Å². The van der Waals surface area contributed by atoms with Gasteiger partial charge >= 0.3 is 0 Å². The molecule has 1 unspecified atom stereocenters. The number of carbonyl (C=O) groups is 2. The zero-order chi connectivity index (χ0) is 12.6. The maximum absolute atomic E-state index is 11.9. The largest absolute Gasteiger partial charge is 0.358 e. The van der Waals surface area contributed by atoms with E-state index in [-0.39, 0.29) is 30.8 Å². The van der Waals surface area contributed by atoms with Crippen LogP contribution in [-0.2, 0) is 9.59 Å². The Labute approximate surface area is 110 Å². The molecule has 0 aromatic carbocycles. The summed E-state index contributed by atoms with van der Waals surface area (Å²) in [7, 11) is 1.56. The number of carbonyl (C=O) groups excluding carboxylic acids is 2. The molecule has 2 amide bonds. The summed E-state index contributed by atoms with van der Waals surface area (Å²) in [5, 5.41) is 2.51. The van der Waals surface area contributed by atoms with Gasteiger partial charge in [-0.1, -0.05) is 20.3 Å². The van der Waals surface area contributed by atoms with Crippen molar-refractivity contribution in [2.45, 2.75) is 39.2 Å². The van der Waals surface area contributed by atoms with Gasteiger partial charge in [0, 0.05) is 13.6 Å². The van der Waals surface area contributed by atoms with Gasteiger partial charge in [0.25, 0.3) is 0 Å². The van der Waals surface area contributed by atoms with E-state index < -0.39 is 6.04 Å². The van der Waals surface area contributed by atoms with E-state index in [1.165, 1.54) is 4.90 Å². The average molecular weight is 266 g/mol. The minimum absolute atomic E-state index is 0. The van der Waals surface area contributed by atoms with Crippen molar-refractivity contribution in [3.8, 4) is 0 Å². The van der Waals surface area contributed by atoms with Crippen molar-refractivity contribution in [3.63, 3.8) is 0 Å². The topological polar surface area (TPSA) is 75.4 Å². The molecule has 5 nitrogen and oxygen atoms in total. The summed E-state index contributed by atoms with van der Waals surface area (Å²) in [5.74, 6) is -0.294. The summed E-state index contributed by atoms with van der Waals surface area (Å²) in [5.41, 5.74) is 5.75. The molecule has 0 aromatic rings. The molecule has 0 saturated carbocycles. The number of amides is 2. The zero-order valence-electron chi connectivity index (χ0n) is 10.9. The second kappa shape index (κ2) is 10.4. The standard InChI is InChI=1S/C11H23N3O2.ClH/c1-4-6-9(12)11(16)14(7-5-2)8-10(15)13-3;/h9H,4-8,12H2,1-3H3,(H,13,15);1H. The van der Waals surface area contributed by atoms with Gasteiger partial charge in [0.1, 0.15) is 0 Å². The predicted molar refractivity (Wildman–Crippen MR) is 71.1 cm³/mol. The quantitative estimate of drug-likeness (QED) is 0.705. The lowest BCUT2D eigenvalue weighted by Gasteiger charge is -2.24. The van der Waals surface area contributed by atoms with Gasteiger partial charge in [-0.25, -0.2) is 0 Å². The summed E-state index contributed by atoms with van der Waals surface area (Å²) in [6.45, 7) is 4.62. The molecule has 0 radical (unpaired) electrons. The Balaban J connectivity index is 0. The molecule has 1 atom stereocenters. The third-order valence-corrected chi connectivity index (χ3v) is 2.34. The van der Waals surface area contributed by atoms with Gasteiger partial charge in [0.15, 0.2) is 0 Å². The molecule has 102 valence electrons. The predicted octanol–water partition coefficient (Wildman–Crippen LogP) is 0.520. The SMILES string of the molecule is CCCC(N)C(=O)N(CCC)CC(=O)NC.Cl. The lowest BCUT2D eigenvalue weighted by Crippen LogP contribution is -2.47. The van der Waals surface area contributed by atoms with E-state index >= 15 is 0 Å². The average Bonchev–Trinajstić information content (AvgIpc) is 2.27. The van der Waals surface area contributed by atoms with E-state index in [4.69, 9.17) is 5.73 Å². The molecule has 0 saturated heterocycles. The van der Waals surface area contributed by atoms with Crippen LogP contribution >= 0.6 is 12.4 Å². The summed E-state index contributed by atoms with van der Waals surface area (Å²) in [6, 6.07) is -0.485. The molecule has 0 aromatic heterocycles. The molecule has 0 aliphatic heterocycles. The summed E-state index contributed by atoms with van der Waals surface area (Å²) in [4.78, 5) is 24.7. The highest BCUT2D eigenvalue weighted by Gasteiger charge is 2.21. The number of likely N-dealkylation sites (N-methyl/N-ethyl adjacent to an activating group) is 1. The number of nitrogens with two attached hydrogens (primary N) is 1. The van der Waals surface area contributed by atoms with E-state index in [2.05, 4.69) is 5.32 Å². The van der Waals surface area contributed by atoms with Crippen molar-refractivity contribution < 1.29 is 9.59 Å². The molecule has 0 aliphatic carbocycles. The Hall–Kier alpha value is -0.810. The molecule has 6 heteroatoms. The van der Waals surface area contributed by atoms with Gasteiger partial charge < -0.3 is 16.0 Å². The number of nitrogens with one attached hydrogen (secondary N) is 1. The molecular formula is C11H24ClN3O2. The minimum Gasteiger partial charge on any atom is -0.358 e. The highest BCUT2D eigenvalue weighted by atomic mass is 35.5. The van der Waals surface area contributed by atoms with Gasteiger partial charge in [0.05, 0.1) is 12.6 Å². The van der Waals surface area contributed by atoms with Crippen molar-refractivity contribution in [2.75, 3.05) is 20.1 Å². The van der Waals surface area contributed by atoms with Crippen molar-refractivity contribution in [1.82, 2.24) is 10.2 Å². The van der Waals surface area contributed by atoms with Crippen LogP contribution in [0.2, 0.25) is 0 Å². The number of hydrogen-bond acceptors (Lipinski definition) is 3. The van der Waals surface area contributed by atoms with E-state index in [1.807, 2.05) is 13.8 Å². The Morgan fingerprint density at radius 2 is 1.88 bits per heavy atom. The highest BCUT2D eigenvalue weighted by molar-refractivity contribution is 5.87. The molecule has 3 N–H and O–H groups in total. The third-order valence-electron chi connectivity index (χ3n) is 2.34. The first-order valence-electron chi connectivity index (χ1n) is 5.81. The van der Waals surface area contributed by atoms with Gasteiger partial charge in [-0.2, -0.15) is 0 Å². The number of nitrogens with zero attached hydrogens (tertiary/aromatic N) is 1. The Morgan fingerprint density at radius 1 is 1.29 bits per heavy atom. The maximum atomic E-state index is 11.9. The first-order chi connectivity index (χ1) is 7.56. The van der Waals surface area contributed by atoms with Crippen molar-refractivity contribution >= 4 is 24.2 Å². The van der Waals surface area contributed by atoms with Crippen LogP contribution in [0, 0.1) is 0 Å². The molecule has 0 heterocycles. The van der Waals surface area contributed by atoms with E-state index in [1.54, 1.807) is 7.05 Å². The minimum atomic E-state index is -0.485. The third kappa shape index (κ3) is 7.18. The van der Waals surface area contributed by atoms with Crippen LogP contribution in [-0.4, -0.2) is 42.9 Å². The summed E-state index contributed by atoms with van der Waals surface area (Å²) < 4.78 is 0. The van der Waals surface area contributed by atoms with Gasteiger partial charge in [-0.15, -0.1) is 12.4 Å². The number of rotatable bonds is 7. The second-order valence-corrected chi connectivity index (χ2v) is 3.83. The van der Waals surface area contributed by atoms with Gasteiger partial charge in [-0.05, 0) is 12.8 Å². The Morgan fingerprint density at radius 3 is 2.29 bits per heavy atom. The molecule has 0 spiro atoms. The fraction of sp³-hybridized carbons (Fsp3) is 0.818. The van der Waals surface area contributed by atoms with Crippen LogP contribution in [0.5, 0.6) is 0 Å². The second-order valence-electron chi connectivity index (χ2n) is 3.83. The summed E-state index contributed by atoms with van der Waals surface area (Å²) >= 11 is 0. The van der Waals surface area contributed by atoms with Crippen LogP contribution in [0.15, 0.2) is 0 Å². The van der Waals surface area contributed by atoms with E-state index in [9.17, 15) is 9.59 Å². The number of halogens is 1. The monoisotopic (exact) mass is 265 g/mol. The van der Waals surface area contributed by atoms with Crippen LogP contribution in [0.1, 0.15) is 33.1 Å². The van der Waals surface area contributed by atoms with Crippen LogP contribution in [0.25, 0.3) is 0 Å². The molecule has 17 heavy (non-hydrogen) atoms. The first-order valence-corrected chi connectivity index (χ1v) is 5.81. The van der Waals surface area contributed by atoms with Crippen LogP contribution in [0.4, 0.5) is 0 Å². The normalized spacial score (nSPS) is 11.3. The lowest BCUT2D eigenvalue weighted by atomic mass is 10.1. The molecule has 0 rings (SSSR count). The zero-order valence-corrected chi connectivity index (χ0v) is 11.7. The van der Waals surface area contributed by atoms with Gasteiger partial charge in [-0.3, -0.25) is 9.59 Å². The van der Waals surface area contributed by atoms with E-state index in [0.29, 0.717) is 13.0 Å². The summed E-state index contributed by atoms with van der Waals surface area (Å²) in [6.07, 6.45) is 2.35. The fourth-order valence-electron chi connectivity index (χ4n) is 1.46. The molecule has 0 bridgehead atoms. The van der Waals surface area contributed by atoms with Gasteiger partial charge in [0.2, 0.25) is 11.8 Å². The van der Waals surface area contributed by atoms with Crippen LogP contribution in [0.3, 0.4) is 0 Å². The molecule has 0 aliphatic rings. The smallest absolute Gasteiger partial charge is 0.239 e. The lowest BCUT2D eigenvalue weighted by molar-refractivity contribution is -0.137. The van der Waals surface area contributed by atoms with Crippen molar-refractivity contribution in [2.24, 2.45) is 5.73 Å². The fourth-order valence-corrected chi connectivity index (χ4v) is 1.46. The molecule has 0 fully saturated rings. The van der Waals surface area contributed by atoms with Crippen molar-refractivity contribution in [3.05, 3.63) is 0 Å². The highest BCUT2D eigenvalue weighted by Crippen LogP contribution is 2.01. The Kier molecular flexibility index (Phi) is 11.3. The number of hydrogen-bond donors (Lipinski definition) is 2.